The first-order valence-electron chi connectivity index (χ1n) is 21.0. The minimum atomic E-state index is -1.11. The predicted molar refractivity (Wildman–Crippen MR) is 213 cm³/mol. The third kappa shape index (κ3) is 34.5. The fraction of sp³-hybridized carbons (Fsp3) is 0.795. The second-order valence-electron chi connectivity index (χ2n) is 14.2. The summed E-state index contributed by atoms with van der Waals surface area (Å²) in [7, 11) is 0. The monoisotopic (exact) mass is 688 g/mol. The lowest BCUT2D eigenvalue weighted by Gasteiger charge is -2.21. The van der Waals surface area contributed by atoms with Crippen LogP contribution in [0, 0.1) is 0 Å². The van der Waals surface area contributed by atoms with Crippen LogP contribution in [0.25, 0.3) is 0 Å². The first-order chi connectivity index (χ1) is 24.1. The van der Waals surface area contributed by atoms with Gasteiger partial charge in [-0.1, -0.05) is 178 Å². The summed E-state index contributed by atoms with van der Waals surface area (Å²) in [6.07, 6.45) is 50.0. The Labute approximate surface area is 304 Å². The number of hydrogen-bond donors (Lipinski definition) is 4. The van der Waals surface area contributed by atoms with Gasteiger partial charge in [0.1, 0.15) is 6.10 Å². The van der Waals surface area contributed by atoms with Crippen LogP contribution < -0.4 is 5.32 Å². The number of carbonyl (C=O) groups is 1. The van der Waals surface area contributed by atoms with Crippen molar-refractivity contribution in [1.82, 2.24) is 5.32 Å². The zero-order chi connectivity index (χ0) is 35.9. The molecule has 0 bridgehead atoms. The number of allylic oxidation sites excluding steroid dienone is 7. The third-order valence-corrected chi connectivity index (χ3v) is 9.37. The van der Waals surface area contributed by atoms with Gasteiger partial charge < -0.3 is 20.6 Å². The van der Waals surface area contributed by atoms with E-state index in [1.54, 1.807) is 6.08 Å². The van der Waals surface area contributed by atoms with Gasteiger partial charge >= 0.3 is 0 Å². The van der Waals surface area contributed by atoms with Gasteiger partial charge in [-0.25, -0.2) is 0 Å². The molecular formula is C44H81NO4. The first kappa shape index (κ1) is 47.3. The number of aliphatic hydroxyl groups is 3. The Bertz CT molecular complexity index is 805. The second-order valence-corrected chi connectivity index (χ2v) is 14.2. The summed E-state index contributed by atoms with van der Waals surface area (Å²) in [6, 6.07) is -0.823. The van der Waals surface area contributed by atoms with E-state index in [2.05, 4.69) is 55.6 Å². The molecule has 0 aromatic heterocycles. The fourth-order valence-corrected chi connectivity index (χ4v) is 6.03. The Morgan fingerprint density at radius 3 is 1.29 bits per heavy atom. The van der Waals surface area contributed by atoms with Crippen molar-refractivity contribution in [2.45, 2.75) is 218 Å². The molecule has 5 heteroatoms. The van der Waals surface area contributed by atoms with Crippen molar-refractivity contribution < 1.29 is 20.1 Å². The summed E-state index contributed by atoms with van der Waals surface area (Å²) >= 11 is 0. The average molecular weight is 688 g/mol. The summed E-state index contributed by atoms with van der Waals surface area (Å²) in [6.45, 7) is 4.12. The Hall–Kier alpha value is -1.69. The maximum atomic E-state index is 12.4. The minimum Gasteiger partial charge on any atom is -0.394 e. The van der Waals surface area contributed by atoms with Crippen molar-refractivity contribution >= 4 is 5.91 Å². The SMILES string of the molecule is CCCCC/C=C/CC/C=C/CC/C=C/C(O)C(CO)NC(=O)C(O)CCCCCCCC/C=C\CCCCCCCCCCCCCC. The third-order valence-electron chi connectivity index (χ3n) is 9.37. The molecule has 0 saturated heterocycles. The highest BCUT2D eigenvalue weighted by Crippen LogP contribution is 2.14. The summed E-state index contributed by atoms with van der Waals surface area (Å²) in [5.74, 6) is -0.524. The summed E-state index contributed by atoms with van der Waals surface area (Å²) in [4.78, 5) is 12.4. The van der Waals surface area contributed by atoms with E-state index in [-0.39, 0.29) is 6.61 Å². The van der Waals surface area contributed by atoms with Crippen LogP contribution in [0.5, 0.6) is 0 Å². The van der Waals surface area contributed by atoms with Crippen molar-refractivity contribution in [2.75, 3.05) is 6.61 Å². The zero-order valence-corrected chi connectivity index (χ0v) is 32.3. The zero-order valence-electron chi connectivity index (χ0n) is 32.3. The fourth-order valence-electron chi connectivity index (χ4n) is 6.03. The molecule has 4 N–H and O–H groups in total. The molecule has 5 nitrogen and oxygen atoms in total. The smallest absolute Gasteiger partial charge is 0.249 e. The van der Waals surface area contributed by atoms with Crippen molar-refractivity contribution in [3.8, 4) is 0 Å². The van der Waals surface area contributed by atoms with Gasteiger partial charge in [-0.3, -0.25) is 4.79 Å². The van der Waals surface area contributed by atoms with Gasteiger partial charge in [-0.15, -0.1) is 0 Å². The van der Waals surface area contributed by atoms with Crippen molar-refractivity contribution in [2.24, 2.45) is 0 Å². The highest BCUT2D eigenvalue weighted by atomic mass is 16.3. The highest BCUT2D eigenvalue weighted by molar-refractivity contribution is 5.80. The largest absolute Gasteiger partial charge is 0.394 e. The van der Waals surface area contributed by atoms with E-state index >= 15 is 0 Å². The number of carbonyl (C=O) groups excluding carboxylic acids is 1. The van der Waals surface area contributed by atoms with E-state index in [1.807, 2.05) is 6.08 Å². The molecule has 49 heavy (non-hydrogen) atoms. The van der Waals surface area contributed by atoms with Gasteiger partial charge in [0.2, 0.25) is 5.91 Å². The van der Waals surface area contributed by atoms with E-state index in [9.17, 15) is 20.1 Å². The normalized spacial score (nSPS) is 14.1. The molecule has 0 spiro atoms. The van der Waals surface area contributed by atoms with Gasteiger partial charge in [0.15, 0.2) is 0 Å². The molecule has 0 aromatic carbocycles. The summed E-state index contributed by atoms with van der Waals surface area (Å²) < 4.78 is 0. The molecule has 0 aliphatic carbocycles. The van der Waals surface area contributed by atoms with Gasteiger partial charge in [0.05, 0.1) is 18.8 Å². The Morgan fingerprint density at radius 1 is 0.490 bits per heavy atom. The van der Waals surface area contributed by atoms with E-state index in [0.29, 0.717) is 6.42 Å². The molecule has 0 fully saturated rings. The molecule has 1 amide bonds. The van der Waals surface area contributed by atoms with Gasteiger partial charge in [-0.2, -0.15) is 0 Å². The average Bonchev–Trinajstić information content (AvgIpc) is 3.11. The first-order valence-corrected chi connectivity index (χ1v) is 21.0. The molecule has 3 atom stereocenters. The predicted octanol–water partition coefficient (Wildman–Crippen LogP) is 11.8. The van der Waals surface area contributed by atoms with Gasteiger partial charge in [0.25, 0.3) is 0 Å². The highest BCUT2D eigenvalue weighted by Gasteiger charge is 2.22. The van der Waals surface area contributed by atoms with Crippen LogP contribution in [0.2, 0.25) is 0 Å². The number of unbranched alkanes of at least 4 members (excludes halogenated alkanes) is 23. The standard InChI is InChI=1S/C44H81NO4/c1-3-5-7-9-11-13-15-17-18-19-20-21-22-23-24-25-27-29-31-33-35-37-39-43(48)44(49)45-41(40-46)42(47)38-36-34-32-30-28-26-16-14-12-10-8-6-4-2/h12,14,23-24,28,30,36,38,41-43,46-48H,3-11,13,15-22,25-27,29,31-35,37,39-40H2,1-2H3,(H,45,49)/b14-12+,24-23-,30-28+,38-36+. The Kier molecular flexibility index (Phi) is 37.8. The lowest BCUT2D eigenvalue weighted by Crippen LogP contribution is -2.48. The van der Waals surface area contributed by atoms with Crippen LogP contribution in [0.15, 0.2) is 48.6 Å². The van der Waals surface area contributed by atoms with Crippen LogP contribution in [-0.2, 0) is 4.79 Å². The van der Waals surface area contributed by atoms with Crippen LogP contribution in [0.3, 0.4) is 0 Å². The quantitative estimate of drug-likeness (QED) is 0.0386. The molecule has 0 radical (unpaired) electrons. The molecule has 286 valence electrons. The number of nitrogens with one attached hydrogen (secondary N) is 1. The van der Waals surface area contributed by atoms with E-state index < -0.39 is 24.2 Å². The minimum absolute atomic E-state index is 0.385. The second kappa shape index (κ2) is 39.1. The number of aliphatic hydroxyl groups excluding tert-OH is 3. The van der Waals surface area contributed by atoms with E-state index in [0.717, 1.165) is 44.9 Å². The number of rotatable bonds is 37. The molecule has 0 aliphatic heterocycles. The van der Waals surface area contributed by atoms with Gasteiger partial charge in [-0.05, 0) is 70.6 Å². The molecule has 0 aromatic rings. The Morgan fingerprint density at radius 2 is 0.837 bits per heavy atom. The van der Waals surface area contributed by atoms with Crippen molar-refractivity contribution in [1.29, 1.82) is 0 Å². The van der Waals surface area contributed by atoms with E-state index in [1.165, 1.54) is 135 Å². The maximum Gasteiger partial charge on any atom is 0.249 e. The topological polar surface area (TPSA) is 89.8 Å². The molecule has 0 aliphatic rings. The van der Waals surface area contributed by atoms with Crippen LogP contribution in [0.1, 0.15) is 200 Å². The summed E-state index contributed by atoms with van der Waals surface area (Å²) in [5.41, 5.74) is 0. The molecular weight excluding hydrogens is 606 g/mol. The molecule has 0 rings (SSSR count). The maximum absolute atomic E-state index is 12.4. The molecule has 3 unspecified atom stereocenters. The molecule has 0 heterocycles. The van der Waals surface area contributed by atoms with Gasteiger partial charge in [0, 0.05) is 0 Å². The molecule has 0 saturated carbocycles. The van der Waals surface area contributed by atoms with Crippen molar-refractivity contribution in [3.05, 3.63) is 48.6 Å². The van der Waals surface area contributed by atoms with E-state index in [4.69, 9.17) is 0 Å². The Balaban J connectivity index is 3.72. The van der Waals surface area contributed by atoms with Crippen LogP contribution >= 0.6 is 0 Å². The van der Waals surface area contributed by atoms with Crippen LogP contribution in [-0.4, -0.2) is 46.1 Å². The number of hydrogen-bond acceptors (Lipinski definition) is 4. The summed E-state index contributed by atoms with van der Waals surface area (Å²) in [5, 5.41) is 33.0. The number of amides is 1. The lowest BCUT2D eigenvalue weighted by atomic mass is 10.0. The lowest BCUT2D eigenvalue weighted by molar-refractivity contribution is -0.131. The van der Waals surface area contributed by atoms with Crippen LogP contribution in [0.4, 0.5) is 0 Å². The van der Waals surface area contributed by atoms with Crippen molar-refractivity contribution in [3.63, 3.8) is 0 Å².